The quantitative estimate of drug-likeness (QED) is 0.166. The highest BCUT2D eigenvalue weighted by molar-refractivity contribution is 6.11. The van der Waals surface area contributed by atoms with Gasteiger partial charge in [0.2, 0.25) is 0 Å². The third-order valence-corrected chi connectivity index (χ3v) is 12.2. The van der Waals surface area contributed by atoms with Crippen molar-refractivity contribution in [3.05, 3.63) is 197 Å². The summed E-state index contributed by atoms with van der Waals surface area (Å²) in [6, 6.07) is 60.8. The maximum atomic E-state index is 10.6. The molecular formula is C57H39N7. The topological polar surface area (TPSA) is 96.1 Å². The van der Waals surface area contributed by atoms with E-state index in [1.165, 1.54) is 33.0 Å². The summed E-state index contributed by atoms with van der Waals surface area (Å²) < 4.78 is 4.51. The van der Waals surface area contributed by atoms with Gasteiger partial charge in [-0.25, -0.2) is 15.0 Å². The van der Waals surface area contributed by atoms with Crippen molar-refractivity contribution in [2.75, 3.05) is 0 Å². The summed E-state index contributed by atoms with van der Waals surface area (Å²) in [5, 5.41) is 25.1. The van der Waals surface area contributed by atoms with E-state index in [9.17, 15) is 10.5 Å². The van der Waals surface area contributed by atoms with Gasteiger partial charge in [-0.15, -0.1) is 0 Å². The van der Waals surface area contributed by atoms with E-state index in [2.05, 4.69) is 146 Å². The van der Waals surface area contributed by atoms with E-state index in [4.69, 9.17) is 15.0 Å². The molecule has 0 aliphatic rings. The average Bonchev–Trinajstić information content (AvgIpc) is 3.81. The lowest BCUT2D eigenvalue weighted by molar-refractivity contribution is 1.07. The Balaban J connectivity index is 1.16. The first-order chi connectivity index (χ1) is 31.2. The number of aryl methyl sites for hydroxylation is 4. The van der Waals surface area contributed by atoms with E-state index in [0.29, 0.717) is 28.6 Å². The molecule has 0 atom stereocenters. The SMILES string of the molecule is Cc1ccc2c(c1)c1cc(C)ccc1n2-c1cc(-c2nc(-c3ccccc3)nc(-c3ccc(-c4cccc(C#N)c4)c(-n4c5ccc(C)cc5c5cc(C)ccc54)c3)n2)ccc1C#N. The Bertz CT molecular complexity index is 3680. The van der Waals surface area contributed by atoms with E-state index < -0.39 is 0 Å². The highest BCUT2D eigenvalue weighted by atomic mass is 15.0. The smallest absolute Gasteiger partial charge is 0.164 e. The standard InChI is InChI=1S/C57H39N7/c1-34-13-21-49-45(25-34)46-26-35(2)14-22-50(46)63(49)53-30-41(17-18-43(53)33-59)56-60-55(39-10-6-5-7-11-39)61-57(62-56)42-19-20-44(40-12-8-9-38(29-40)32-58)54(31-42)64-51-23-15-36(3)27-47(51)48-28-37(4)16-24-52(48)64/h5-31H,1-4H3. The molecule has 0 fully saturated rings. The first-order valence-electron chi connectivity index (χ1n) is 21.3. The molecule has 11 aromatic rings. The largest absolute Gasteiger partial charge is 0.309 e. The van der Waals surface area contributed by atoms with Crippen molar-refractivity contribution in [2.24, 2.45) is 0 Å². The van der Waals surface area contributed by atoms with Crippen LogP contribution < -0.4 is 0 Å². The van der Waals surface area contributed by atoms with Gasteiger partial charge in [0.05, 0.1) is 50.6 Å². The van der Waals surface area contributed by atoms with Crippen LogP contribution in [0.2, 0.25) is 0 Å². The summed E-state index contributed by atoms with van der Waals surface area (Å²) >= 11 is 0. The van der Waals surface area contributed by atoms with E-state index in [1.54, 1.807) is 0 Å². The predicted molar refractivity (Wildman–Crippen MR) is 259 cm³/mol. The van der Waals surface area contributed by atoms with Crippen LogP contribution in [-0.4, -0.2) is 24.1 Å². The van der Waals surface area contributed by atoms with Crippen LogP contribution in [0.1, 0.15) is 33.4 Å². The van der Waals surface area contributed by atoms with Gasteiger partial charge in [-0.2, -0.15) is 10.5 Å². The average molecular weight is 822 g/mol. The minimum Gasteiger partial charge on any atom is -0.309 e. The summed E-state index contributed by atoms with van der Waals surface area (Å²) in [5.41, 5.74) is 16.0. The molecule has 302 valence electrons. The van der Waals surface area contributed by atoms with E-state index >= 15 is 0 Å². The number of hydrogen-bond acceptors (Lipinski definition) is 5. The molecule has 0 bridgehead atoms. The zero-order chi connectivity index (χ0) is 43.6. The highest BCUT2D eigenvalue weighted by Crippen LogP contribution is 2.40. The van der Waals surface area contributed by atoms with Crippen LogP contribution in [-0.2, 0) is 0 Å². The van der Waals surface area contributed by atoms with Gasteiger partial charge in [0, 0.05) is 43.8 Å². The zero-order valence-corrected chi connectivity index (χ0v) is 35.7. The maximum Gasteiger partial charge on any atom is 0.164 e. The normalized spacial score (nSPS) is 11.4. The van der Waals surface area contributed by atoms with Gasteiger partial charge in [-0.1, -0.05) is 101 Å². The van der Waals surface area contributed by atoms with Crippen LogP contribution in [0.4, 0.5) is 0 Å². The number of nitrogens with zero attached hydrogens (tertiary/aromatic N) is 7. The van der Waals surface area contributed by atoms with Gasteiger partial charge in [0.25, 0.3) is 0 Å². The molecule has 0 aliphatic carbocycles. The number of fused-ring (bicyclic) bond motifs is 6. The van der Waals surface area contributed by atoms with E-state index in [1.807, 2.05) is 66.7 Å². The fourth-order valence-corrected chi connectivity index (χ4v) is 9.18. The van der Waals surface area contributed by atoms with E-state index in [-0.39, 0.29) is 0 Å². The molecule has 3 aromatic heterocycles. The molecule has 0 aliphatic heterocycles. The predicted octanol–water partition coefficient (Wildman–Crippen LogP) is 13.7. The summed E-state index contributed by atoms with van der Waals surface area (Å²) in [5.74, 6) is 1.52. The van der Waals surface area contributed by atoms with Crippen molar-refractivity contribution in [1.29, 1.82) is 10.5 Å². The van der Waals surface area contributed by atoms with Gasteiger partial charge in [0.1, 0.15) is 6.07 Å². The highest BCUT2D eigenvalue weighted by Gasteiger charge is 2.21. The van der Waals surface area contributed by atoms with Crippen molar-refractivity contribution in [2.45, 2.75) is 27.7 Å². The Kier molecular flexibility index (Phi) is 9.01. The Morgan fingerprint density at radius 1 is 0.375 bits per heavy atom. The molecule has 0 amide bonds. The molecule has 3 heterocycles. The van der Waals surface area contributed by atoms with Crippen LogP contribution in [0.15, 0.2) is 164 Å². The second-order valence-electron chi connectivity index (χ2n) is 16.7. The molecule has 11 rings (SSSR count). The Hall–Kier alpha value is -8.65. The minimum atomic E-state index is 0.484. The molecule has 64 heavy (non-hydrogen) atoms. The van der Waals surface area contributed by atoms with Crippen molar-refractivity contribution in [1.82, 2.24) is 24.1 Å². The second kappa shape index (κ2) is 15.1. The van der Waals surface area contributed by atoms with Crippen molar-refractivity contribution < 1.29 is 0 Å². The molecular weight excluding hydrogens is 783 g/mol. The van der Waals surface area contributed by atoms with Gasteiger partial charge in [-0.3, -0.25) is 0 Å². The molecule has 0 radical (unpaired) electrons. The molecule has 0 N–H and O–H groups in total. The Morgan fingerprint density at radius 3 is 1.33 bits per heavy atom. The summed E-state index contributed by atoms with van der Waals surface area (Å²) in [4.78, 5) is 15.6. The third kappa shape index (κ3) is 6.38. The second-order valence-corrected chi connectivity index (χ2v) is 16.7. The van der Waals surface area contributed by atoms with Gasteiger partial charge in [-0.05, 0) is 118 Å². The molecule has 0 saturated heterocycles. The van der Waals surface area contributed by atoms with Gasteiger partial charge >= 0.3 is 0 Å². The fraction of sp³-hybridized carbons (Fsp3) is 0.0702. The lowest BCUT2D eigenvalue weighted by Gasteiger charge is -2.17. The van der Waals surface area contributed by atoms with Crippen LogP contribution in [0.3, 0.4) is 0 Å². The van der Waals surface area contributed by atoms with Gasteiger partial charge < -0.3 is 9.13 Å². The first-order valence-corrected chi connectivity index (χ1v) is 21.3. The lowest BCUT2D eigenvalue weighted by atomic mass is 9.99. The molecule has 0 spiro atoms. The summed E-state index contributed by atoms with van der Waals surface area (Å²) in [7, 11) is 0. The molecule has 0 saturated carbocycles. The Labute approximate surface area is 370 Å². The number of benzene rings is 8. The van der Waals surface area contributed by atoms with Crippen LogP contribution >= 0.6 is 0 Å². The molecule has 0 unspecified atom stereocenters. The number of hydrogen-bond donors (Lipinski definition) is 0. The monoisotopic (exact) mass is 821 g/mol. The van der Waals surface area contributed by atoms with Crippen LogP contribution in [0, 0.1) is 50.4 Å². The van der Waals surface area contributed by atoms with Crippen LogP contribution in [0.25, 0.3) is 100 Å². The fourth-order valence-electron chi connectivity index (χ4n) is 9.18. The van der Waals surface area contributed by atoms with Crippen molar-refractivity contribution >= 4 is 43.6 Å². The molecule has 7 nitrogen and oxygen atoms in total. The number of nitriles is 2. The molecule has 7 heteroatoms. The molecule has 8 aromatic carbocycles. The lowest BCUT2D eigenvalue weighted by Crippen LogP contribution is -2.03. The van der Waals surface area contributed by atoms with Crippen LogP contribution in [0.5, 0.6) is 0 Å². The maximum absolute atomic E-state index is 10.6. The summed E-state index contributed by atoms with van der Waals surface area (Å²) in [6.07, 6.45) is 0. The third-order valence-electron chi connectivity index (χ3n) is 12.2. The van der Waals surface area contributed by atoms with Gasteiger partial charge in [0.15, 0.2) is 17.5 Å². The number of rotatable bonds is 6. The van der Waals surface area contributed by atoms with E-state index in [0.717, 1.165) is 72.0 Å². The van der Waals surface area contributed by atoms with Crippen molar-refractivity contribution in [3.8, 4) is 68.8 Å². The Morgan fingerprint density at radius 2 is 0.828 bits per heavy atom. The zero-order valence-electron chi connectivity index (χ0n) is 35.7. The first kappa shape index (κ1) is 38.3. The minimum absolute atomic E-state index is 0.484. The summed E-state index contributed by atoms with van der Waals surface area (Å²) in [6.45, 7) is 8.47. The number of aromatic nitrogens is 5. The van der Waals surface area contributed by atoms with Crippen molar-refractivity contribution in [3.63, 3.8) is 0 Å².